The molecule has 0 unspecified atom stereocenters. The Morgan fingerprint density at radius 2 is 2.08 bits per heavy atom. The van der Waals surface area contributed by atoms with Gasteiger partial charge in [0, 0.05) is 25.9 Å². The predicted octanol–water partition coefficient (Wildman–Crippen LogP) is 0.223. The van der Waals surface area contributed by atoms with Gasteiger partial charge in [-0.25, -0.2) is 14.6 Å². The summed E-state index contributed by atoms with van der Waals surface area (Å²) in [4.78, 5) is 44.2. The number of hydrogen-bond acceptors (Lipinski definition) is 7. The minimum Gasteiger partial charge on any atom is -0.465 e. The first-order valence-electron chi connectivity index (χ1n) is 7.70. The van der Waals surface area contributed by atoms with Gasteiger partial charge in [0.2, 0.25) is 0 Å². The van der Waals surface area contributed by atoms with Crippen LogP contribution in [0.2, 0.25) is 0 Å². The van der Waals surface area contributed by atoms with Crippen LogP contribution in [-0.2, 0) is 9.47 Å². The van der Waals surface area contributed by atoms with Crippen LogP contribution >= 0.6 is 0 Å². The minimum atomic E-state index is -0.636. The molecular formula is C16H17N5O5. The number of imidazole rings is 1. The first-order chi connectivity index (χ1) is 12.5. The zero-order valence-corrected chi connectivity index (χ0v) is 14.2. The third-order valence-corrected chi connectivity index (χ3v) is 3.65. The maximum absolute atomic E-state index is 11.8. The Hall–Kier alpha value is -3.40. The number of hydrogen-bond donors (Lipinski definition) is 3. The van der Waals surface area contributed by atoms with Crippen molar-refractivity contribution in [2.24, 2.45) is 0 Å². The second-order valence-electron chi connectivity index (χ2n) is 5.37. The monoisotopic (exact) mass is 359 g/mol. The molecule has 3 aromatic heterocycles. The average molecular weight is 359 g/mol. The van der Waals surface area contributed by atoms with Gasteiger partial charge in [0.25, 0.3) is 5.56 Å². The van der Waals surface area contributed by atoms with Crippen molar-refractivity contribution >= 4 is 17.4 Å². The molecule has 0 atom stereocenters. The van der Waals surface area contributed by atoms with Crippen molar-refractivity contribution in [3.63, 3.8) is 0 Å². The van der Waals surface area contributed by atoms with E-state index in [1.165, 1.54) is 13.2 Å². The fourth-order valence-electron chi connectivity index (χ4n) is 2.51. The second kappa shape index (κ2) is 7.23. The molecule has 3 N–H and O–H groups in total. The van der Waals surface area contributed by atoms with E-state index in [0.717, 1.165) is 0 Å². The number of nitrogens with one attached hydrogen (secondary N) is 3. The number of carbonyl (C=O) groups excluding carboxylic acids is 1. The largest absolute Gasteiger partial charge is 0.465 e. The number of aromatic nitrogens is 4. The zero-order chi connectivity index (χ0) is 18.7. The van der Waals surface area contributed by atoms with Crippen molar-refractivity contribution in [1.82, 2.24) is 19.4 Å². The Kier molecular flexibility index (Phi) is 4.85. The van der Waals surface area contributed by atoms with E-state index in [1.807, 2.05) is 0 Å². The molecular weight excluding hydrogens is 342 g/mol. The molecule has 0 fully saturated rings. The lowest BCUT2D eigenvalue weighted by atomic mass is 10.3. The summed E-state index contributed by atoms with van der Waals surface area (Å²) in [6.07, 6.45) is 1.57. The Bertz CT molecular complexity index is 1040. The number of anilines is 1. The van der Waals surface area contributed by atoms with Gasteiger partial charge in [-0.3, -0.25) is 14.2 Å². The van der Waals surface area contributed by atoms with Crippen LogP contribution in [0, 0.1) is 0 Å². The fourth-order valence-corrected chi connectivity index (χ4v) is 2.51. The molecule has 136 valence electrons. The van der Waals surface area contributed by atoms with Gasteiger partial charge in [0.15, 0.2) is 0 Å². The molecule has 3 rings (SSSR count). The van der Waals surface area contributed by atoms with Gasteiger partial charge >= 0.3 is 11.7 Å². The van der Waals surface area contributed by atoms with Crippen LogP contribution in [-0.4, -0.2) is 52.7 Å². The quantitative estimate of drug-likeness (QED) is 0.424. The Labute approximate surface area is 146 Å². The highest BCUT2D eigenvalue weighted by Crippen LogP contribution is 2.26. The van der Waals surface area contributed by atoms with Crippen LogP contribution < -0.4 is 16.6 Å². The van der Waals surface area contributed by atoms with Crippen LogP contribution in [0.1, 0.15) is 10.4 Å². The fraction of sp³-hybridized carbons (Fsp3) is 0.250. The van der Waals surface area contributed by atoms with E-state index in [2.05, 4.69) is 20.3 Å². The Balaban J connectivity index is 2.20. The lowest BCUT2D eigenvalue weighted by Crippen LogP contribution is -2.22. The van der Waals surface area contributed by atoms with E-state index >= 15 is 0 Å². The molecule has 0 amide bonds. The lowest BCUT2D eigenvalue weighted by molar-refractivity contribution is 0.0600. The number of fused-ring (bicyclic) bond motifs is 1. The van der Waals surface area contributed by atoms with Crippen LogP contribution in [0.15, 0.2) is 34.0 Å². The Morgan fingerprint density at radius 1 is 1.27 bits per heavy atom. The highest BCUT2D eigenvalue weighted by atomic mass is 16.5. The zero-order valence-electron chi connectivity index (χ0n) is 14.2. The van der Waals surface area contributed by atoms with Crippen LogP contribution in [0.5, 0.6) is 0 Å². The summed E-state index contributed by atoms with van der Waals surface area (Å²) in [6, 6.07) is 4.46. The molecule has 0 aliphatic heterocycles. The van der Waals surface area contributed by atoms with Crippen molar-refractivity contribution in [3.8, 4) is 11.4 Å². The maximum Gasteiger partial charge on any atom is 0.339 e. The lowest BCUT2D eigenvalue weighted by Gasteiger charge is -2.09. The van der Waals surface area contributed by atoms with E-state index in [4.69, 9.17) is 9.47 Å². The van der Waals surface area contributed by atoms with E-state index in [1.54, 1.807) is 29.8 Å². The molecule has 0 aliphatic rings. The summed E-state index contributed by atoms with van der Waals surface area (Å²) in [7, 11) is 2.87. The van der Waals surface area contributed by atoms with Crippen molar-refractivity contribution < 1.29 is 14.3 Å². The van der Waals surface area contributed by atoms with Gasteiger partial charge in [-0.05, 0) is 12.1 Å². The van der Waals surface area contributed by atoms with Crippen LogP contribution in [0.3, 0.4) is 0 Å². The van der Waals surface area contributed by atoms with Gasteiger partial charge in [-0.2, -0.15) is 0 Å². The Morgan fingerprint density at radius 3 is 2.77 bits per heavy atom. The molecule has 10 nitrogen and oxygen atoms in total. The first kappa shape index (κ1) is 17.4. The van der Waals surface area contributed by atoms with E-state index in [9.17, 15) is 14.4 Å². The molecule has 0 saturated carbocycles. The average Bonchev–Trinajstić information content (AvgIpc) is 2.98. The number of nitrogens with zero attached hydrogens (tertiary/aromatic N) is 2. The number of methoxy groups -OCH3 is 2. The summed E-state index contributed by atoms with van der Waals surface area (Å²) >= 11 is 0. The first-order valence-corrected chi connectivity index (χ1v) is 7.70. The van der Waals surface area contributed by atoms with Crippen molar-refractivity contribution in [1.29, 1.82) is 0 Å². The van der Waals surface area contributed by atoms with Crippen molar-refractivity contribution in [2.45, 2.75) is 0 Å². The van der Waals surface area contributed by atoms with Crippen molar-refractivity contribution in [2.75, 3.05) is 32.7 Å². The van der Waals surface area contributed by atoms with Gasteiger partial charge in [0.1, 0.15) is 17.2 Å². The molecule has 0 aromatic carbocycles. The molecule has 0 saturated heterocycles. The SMILES string of the molecule is COCCNc1c(-c2cc(=O)[nH]c(=O)[nH]2)nc2ccc(C(=O)OC)cn12. The standard InChI is InChI=1S/C16H17N5O5/c1-25-6-5-17-14-13(10-7-12(22)20-16(24)18-10)19-11-4-3-9(8-21(11)14)15(23)26-2/h3-4,7-8,17H,5-6H2,1-2H3,(H2,18,20,22,24). The number of ether oxygens (including phenoxy) is 2. The van der Waals surface area contributed by atoms with E-state index in [-0.39, 0.29) is 5.69 Å². The van der Waals surface area contributed by atoms with Gasteiger partial charge < -0.3 is 19.8 Å². The minimum absolute atomic E-state index is 0.252. The molecule has 0 spiro atoms. The number of carbonyl (C=O) groups is 1. The molecule has 0 radical (unpaired) electrons. The number of H-pyrrole nitrogens is 2. The molecule has 10 heteroatoms. The number of pyridine rings is 1. The third-order valence-electron chi connectivity index (χ3n) is 3.65. The maximum atomic E-state index is 11.8. The van der Waals surface area contributed by atoms with Crippen LogP contribution in [0.25, 0.3) is 17.0 Å². The molecule has 0 bridgehead atoms. The summed E-state index contributed by atoms with van der Waals surface area (Å²) < 4.78 is 11.4. The smallest absolute Gasteiger partial charge is 0.339 e. The molecule has 26 heavy (non-hydrogen) atoms. The van der Waals surface area contributed by atoms with Gasteiger partial charge in [0.05, 0.1) is 25.0 Å². The summed E-state index contributed by atoms with van der Waals surface area (Å²) in [6.45, 7) is 0.877. The van der Waals surface area contributed by atoms with Gasteiger partial charge in [-0.1, -0.05) is 0 Å². The number of aromatic amines is 2. The normalized spacial score (nSPS) is 10.8. The summed E-state index contributed by atoms with van der Waals surface area (Å²) in [5.74, 6) is 0.0126. The topological polar surface area (TPSA) is 131 Å². The third kappa shape index (κ3) is 3.35. The molecule has 0 aliphatic carbocycles. The van der Waals surface area contributed by atoms with Crippen molar-refractivity contribution in [3.05, 3.63) is 50.8 Å². The molecule has 3 aromatic rings. The number of rotatable bonds is 6. The predicted molar refractivity (Wildman–Crippen MR) is 93.6 cm³/mol. The van der Waals surface area contributed by atoms with Crippen LogP contribution in [0.4, 0.5) is 5.82 Å². The highest BCUT2D eigenvalue weighted by Gasteiger charge is 2.17. The van der Waals surface area contributed by atoms with Gasteiger partial charge in [-0.15, -0.1) is 0 Å². The van der Waals surface area contributed by atoms with E-state index < -0.39 is 17.2 Å². The molecule has 3 heterocycles. The highest BCUT2D eigenvalue weighted by molar-refractivity contribution is 5.89. The van der Waals surface area contributed by atoms with E-state index in [0.29, 0.717) is 35.9 Å². The summed E-state index contributed by atoms with van der Waals surface area (Å²) in [5.41, 5.74) is 0.293. The number of esters is 1. The second-order valence-corrected chi connectivity index (χ2v) is 5.37. The summed E-state index contributed by atoms with van der Waals surface area (Å²) in [5, 5.41) is 3.15.